The van der Waals surface area contributed by atoms with Crippen molar-refractivity contribution in [1.29, 1.82) is 0 Å². The third-order valence-electron chi connectivity index (χ3n) is 2.74. The average Bonchev–Trinajstić information content (AvgIpc) is 2.29. The summed E-state index contributed by atoms with van der Waals surface area (Å²) in [6.07, 6.45) is 1.63. The van der Waals surface area contributed by atoms with Gasteiger partial charge in [0, 0.05) is 40.1 Å². The second-order valence-corrected chi connectivity index (χ2v) is 5.84. The van der Waals surface area contributed by atoms with Gasteiger partial charge in [-0.3, -0.25) is 9.00 Å². The lowest BCUT2D eigenvalue weighted by Crippen LogP contribution is -2.33. The van der Waals surface area contributed by atoms with Crippen molar-refractivity contribution >= 4 is 22.4 Å². The Labute approximate surface area is 104 Å². The minimum atomic E-state index is -0.932. The van der Waals surface area contributed by atoms with E-state index in [-0.39, 0.29) is 11.2 Å². The second kappa shape index (κ2) is 5.82. The first-order valence-corrected chi connectivity index (χ1v) is 7.01. The Kier molecular flexibility index (Phi) is 4.69. The molecule has 1 aromatic carbocycles. The largest absolute Gasteiger partial charge is 0.398 e. The summed E-state index contributed by atoms with van der Waals surface area (Å²) >= 11 is 0. The van der Waals surface area contributed by atoms with Crippen LogP contribution in [0.1, 0.15) is 22.8 Å². The van der Waals surface area contributed by atoms with Gasteiger partial charge in [-0.2, -0.15) is 0 Å². The monoisotopic (exact) mass is 254 g/mol. The van der Waals surface area contributed by atoms with E-state index < -0.39 is 10.8 Å². The Bertz CT molecular complexity index is 446. The topological polar surface area (TPSA) is 72.2 Å². The normalized spacial score (nSPS) is 14.1. The van der Waals surface area contributed by atoms with Gasteiger partial charge in [-0.05, 0) is 31.5 Å². The zero-order valence-electron chi connectivity index (χ0n) is 10.3. The molecule has 0 heterocycles. The van der Waals surface area contributed by atoms with Crippen molar-refractivity contribution in [2.24, 2.45) is 0 Å². The zero-order valence-corrected chi connectivity index (χ0v) is 11.1. The molecule has 94 valence electrons. The minimum Gasteiger partial charge on any atom is -0.398 e. The summed E-state index contributed by atoms with van der Waals surface area (Å²) in [5.74, 6) is -0.174. The van der Waals surface area contributed by atoms with Crippen molar-refractivity contribution < 1.29 is 9.00 Å². The van der Waals surface area contributed by atoms with Gasteiger partial charge in [0.1, 0.15) is 0 Å². The molecule has 2 unspecified atom stereocenters. The SMILES string of the molecule is Cc1c(N)cccc1C(=O)NCC(C)S(C)=O. The van der Waals surface area contributed by atoms with E-state index in [4.69, 9.17) is 5.73 Å². The molecule has 0 fully saturated rings. The zero-order chi connectivity index (χ0) is 13.0. The maximum absolute atomic E-state index is 11.9. The van der Waals surface area contributed by atoms with Crippen LogP contribution in [0.5, 0.6) is 0 Å². The maximum atomic E-state index is 11.9. The van der Waals surface area contributed by atoms with Gasteiger partial charge < -0.3 is 11.1 Å². The van der Waals surface area contributed by atoms with Gasteiger partial charge in [-0.15, -0.1) is 0 Å². The van der Waals surface area contributed by atoms with Crippen LogP contribution in [0.3, 0.4) is 0 Å². The number of amides is 1. The average molecular weight is 254 g/mol. The molecule has 1 rings (SSSR count). The molecular weight excluding hydrogens is 236 g/mol. The van der Waals surface area contributed by atoms with E-state index in [0.717, 1.165) is 5.56 Å². The van der Waals surface area contributed by atoms with Gasteiger partial charge in [0.15, 0.2) is 0 Å². The molecule has 1 amide bonds. The number of nitrogens with one attached hydrogen (secondary N) is 1. The Balaban J connectivity index is 2.71. The van der Waals surface area contributed by atoms with E-state index in [1.807, 2.05) is 13.8 Å². The standard InChI is InChI=1S/C12H18N2O2S/c1-8(17(3)16)7-14-12(15)10-5-4-6-11(13)9(10)2/h4-6,8H,7,13H2,1-3H3,(H,14,15). The summed E-state index contributed by atoms with van der Waals surface area (Å²) in [5, 5.41) is 2.71. The van der Waals surface area contributed by atoms with Crippen molar-refractivity contribution in [3.05, 3.63) is 29.3 Å². The maximum Gasteiger partial charge on any atom is 0.251 e. The van der Waals surface area contributed by atoms with Gasteiger partial charge >= 0.3 is 0 Å². The summed E-state index contributed by atoms with van der Waals surface area (Å²) in [4.78, 5) is 11.9. The fourth-order valence-electron chi connectivity index (χ4n) is 1.35. The highest BCUT2D eigenvalue weighted by molar-refractivity contribution is 7.84. The number of carbonyl (C=O) groups is 1. The molecule has 0 aliphatic heterocycles. The molecule has 3 N–H and O–H groups in total. The van der Waals surface area contributed by atoms with Gasteiger partial charge in [0.25, 0.3) is 5.91 Å². The van der Waals surface area contributed by atoms with E-state index in [2.05, 4.69) is 5.32 Å². The van der Waals surface area contributed by atoms with Gasteiger partial charge in [0.2, 0.25) is 0 Å². The first kappa shape index (κ1) is 13.7. The van der Waals surface area contributed by atoms with Crippen LogP contribution in [0.25, 0.3) is 0 Å². The first-order chi connectivity index (χ1) is 7.93. The summed E-state index contributed by atoms with van der Waals surface area (Å²) < 4.78 is 11.2. The highest BCUT2D eigenvalue weighted by Gasteiger charge is 2.12. The molecule has 0 aliphatic rings. The second-order valence-electron chi connectivity index (χ2n) is 4.04. The lowest BCUT2D eigenvalue weighted by Gasteiger charge is -2.12. The number of benzene rings is 1. The highest BCUT2D eigenvalue weighted by atomic mass is 32.2. The molecule has 0 saturated heterocycles. The van der Waals surface area contributed by atoms with Crippen LogP contribution in [-0.4, -0.2) is 28.2 Å². The number of carbonyl (C=O) groups excluding carboxylic acids is 1. The first-order valence-electron chi connectivity index (χ1n) is 5.39. The van der Waals surface area contributed by atoms with Crippen LogP contribution < -0.4 is 11.1 Å². The molecule has 0 radical (unpaired) electrons. The predicted octanol–water partition coefficient (Wildman–Crippen LogP) is 1.07. The number of hydrogen-bond acceptors (Lipinski definition) is 3. The molecule has 0 saturated carbocycles. The molecule has 1 aromatic rings. The van der Waals surface area contributed by atoms with Gasteiger partial charge in [0.05, 0.1) is 0 Å². The predicted molar refractivity (Wildman–Crippen MR) is 71.5 cm³/mol. The smallest absolute Gasteiger partial charge is 0.251 e. The summed E-state index contributed by atoms with van der Waals surface area (Å²) in [6, 6.07) is 5.24. The fraction of sp³-hybridized carbons (Fsp3) is 0.417. The van der Waals surface area contributed by atoms with Gasteiger partial charge in [-0.1, -0.05) is 6.07 Å². The van der Waals surface area contributed by atoms with Crippen molar-refractivity contribution in [3.63, 3.8) is 0 Å². The number of anilines is 1. The molecule has 2 atom stereocenters. The van der Waals surface area contributed by atoms with Crippen LogP contribution in [0, 0.1) is 6.92 Å². The van der Waals surface area contributed by atoms with Crippen molar-refractivity contribution in [2.75, 3.05) is 18.5 Å². The number of nitrogen functional groups attached to an aromatic ring is 1. The molecular formula is C12H18N2O2S. The van der Waals surface area contributed by atoms with E-state index in [1.54, 1.807) is 24.5 Å². The summed E-state index contributed by atoms with van der Waals surface area (Å²) in [5.41, 5.74) is 7.68. The van der Waals surface area contributed by atoms with Crippen molar-refractivity contribution in [2.45, 2.75) is 19.1 Å². The number of nitrogens with two attached hydrogens (primary N) is 1. The van der Waals surface area contributed by atoms with E-state index >= 15 is 0 Å². The quantitative estimate of drug-likeness (QED) is 0.790. The molecule has 5 heteroatoms. The highest BCUT2D eigenvalue weighted by Crippen LogP contribution is 2.15. The molecule has 0 aliphatic carbocycles. The molecule has 0 aromatic heterocycles. The third kappa shape index (κ3) is 3.56. The molecule has 0 spiro atoms. The molecule has 0 bridgehead atoms. The fourth-order valence-corrected chi connectivity index (χ4v) is 1.67. The van der Waals surface area contributed by atoms with E-state index in [1.165, 1.54) is 0 Å². The Morgan fingerprint density at radius 1 is 1.53 bits per heavy atom. The lowest BCUT2D eigenvalue weighted by molar-refractivity contribution is 0.0953. The Hall–Kier alpha value is -1.36. The van der Waals surface area contributed by atoms with Gasteiger partial charge in [-0.25, -0.2) is 0 Å². The van der Waals surface area contributed by atoms with E-state index in [9.17, 15) is 9.00 Å². The number of hydrogen-bond donors (Lipinski definition) is 2. The number of rotatable bonds is 4. The lowest BCUT2D eigenvalue weighted by atomic mass is 10.1. The van der Waals surface area contributed by atoms with Crippen LogP contribution in [-0.2, 0) is 10.8 Å². The summed E-state index contributed by atoms with van der Waals surface area (Å²) in [6.45, 7) is 4.05. The van der Waals surface area contributed by atoms with Crippen LogP contribution >= 0.6 is 0 Å². The third-order valence-corrected chi connectivity index (χ3v) is 4.04. The van der Waals surface area contributed by atoms with Crippen molar-refractivity contribution in [1.82, 2.24) is 5.32 Å². The van der Waals surface area contributed by atoms with E-state index in [0.29, 0.717) is 17.8 Å². The summed E-state index contributed by atoms with van der Waals surface area (Å²) in [7, 11) is -0.932. The minimum absolute atomic E-state index is 0.0553. The Morgan fingerprint density at radius 3 is 2.76 bits per heavy atom. The molecule has 4 nitrogen and oxygen atoms in total. The Morgan fingerprint density at radius 2 is 2.18 bits per heavy atom. The molecule has 17 heavy (non-hydrogen) atoms. The van der Waals surface area contributed by atoms with Crippen LogP contribution in [0.4, 0.5) is 5.69 Å². The van der Waals surface area contributed by atoms with Crippen LogP contribution in [0.15, 0.2) is 18.2 Å². The van der Waals surface area contributed by atoms with Crippen molar-refractivity contribution in [3.8, 4) is 0 Å². The van der Waals surface area contributed by atoms with Crippen LogP contribution in [0.2, 0.25) is 0 Å².